The van der Waals surface area contributed by atoms with E-state index in [9.17, 15) is 27.6 Å². The molecule has 0 aliphatic carbocycles. The number of carbonyl (C=O) groups excluding carboxylic acids is 3. The number of ether oxygens (including phenoxy) is 1. The molecule has 0 saturated carbocycles. The molecule has 2 heterocycles. The Morgan fingerprint density at radius 2 is 1.84 bits per heavy atom. The lowest BCUT2D eigenvalue weighted by molar-refractivity contribution is -0.125. The molecule has 0 spiro atoms. The zero-order valence-electron chi connectivity index (χ0n) is 15.5. The molecule has 2 aromatic heterocycles. The fraction of sp³-hybridized carbons (Fsp3) is 0.167. The van der Waals surface area contributed by atoms with Gasteiger partial charge in [0.25, 0.3) is 11.7 Å². The molecule has 0 saturated heterocycles. The molecule has 3 aromatic rings. The lowest BCUT2D eigenvalue weighted by Gasteiger charge is -2.08. The molecule has 9 nitrogen and oxygen atoms in total. The number of hydrogen-bond donors (Lipinski definition) is 2. The SMILES string of the molecule is O=C(COC(=O)c1nc(-c2cccs2)n(-c2ccccc2)n1)NC(=O)NCC(F)(F)F. The number of nitrogens with zero attached hydrogens (tertiary/aromatic N) is 3. The van der Waals surface area contributed by atoms with E-state index in [1.165, 1.54) is 21.3 Å². The molecule has 2 N–H and O–H groups in total. The first kappa shape index (κ1) is 22.0. The third-order valence-corrected chi connectivity index (χ3v) is 4.43. The van der Waals surface area contributed by atoms with Crippen molar-refractivity contribution in [2.75, 3.05) is 13.2 Å². The van der Waals surface area contributed by atoms with Gasteiger partial charge in [0.15, 0.2) is 12.4 Å². The van der Waals surface area contributed by atoms with Crippen LogP contribution in [0.15, 0.2) is 47.8 Å². The van der Waals surface area contributed by atoms with Crippen LogP contribution in [0.3, 0.4) is 0 Å². The van der Waals surface area contributed by atoms with Crippen LogP contribution in [0, 0.1) is 0 Å². The molecule has 1 aromatic carbocycles. The number of halogens is 3. The van der Waals surface area contributed by atoms with Gasteiger partial charge in [0.2, 0.25) is 0 Å². The monoisotopic (exact) mass is 453 g/mol. The highest BCUT2D eigenvalue weighted by molar-refractivity contribution is 7.13. The van der Waals surface area contributed by atoms with E-state index >= 15 is 0 Å². The van der Waals surface area contributed by atoms with Crippen molar-refractivity contribution in [3.8, 4) is 16.4 Å². The number of para-hydroxylation sites is 1. The molecule has 3 rings (SSSR count). The molecular formula is C18H14F3N5O4S. The summed E-state index contributed by atoms with van der Waals surface area (Å²) in [6, 6.07) is 11.1. The second-order valence-electron chi connectivity index (χ2n) is 5.91. The van der Waals surface area contributed by atoms with Gasteiger partial charge in [-0.1, -0.05) is 24.3 Å². The summed E-state index contributed by atoms with van der Waals surface area (Å²) in [7, 11) is 0. The van der Waals surface area contributed by atoms with Gasteiger partial charge < -0.3 is 10.1 Å². The average molecular weight is 453 g/mol. The molecule has 0 fully saturated rings. The maximum Gasteiger partial charge on any atom is 0.405 e. The van der Waals surface area contributed by atoms with Gasteiger partial charge in [-0.05, 0) is 23.6 Å². The van der Waals surface area contributed by atoms with Crippen molar-refractivity contribution in [2.45, 2.75) is 6.18 Å². The fourth-order valence-corrected chi connectivity index (χ4v) is 2.99. The van der Waals surface area contributed by atoms with Gasteiger partial charge >= 0.3 is 18.2 Å². The fourth-order valence-electron chi connectivity index (χ4n) is 2.30. The third kappa shape index (κ3) is 6.12. The summed E-state index contributed by atoms with van der Waals surface area (Å²) >= 11 is 1.38. The Labute approximate surface area is 176 Å². The lowest BCUT2D eigenvalue weighted by atomic mass is 10.3. The Kier molecular flexibility index (Phi) is 6.65. The van der Waals surface area contributed by atoms with Crippen molar-refractivity contribution >= 4 is 29.2 Å². The summed E-state index contributed by atoms with van der Waals surface area (Å²) in [5.74, 6) is -2.11. The number of thiophene rings is 1. The van der Waals surface area contributed by atoms with Gasteiger partial charge in [0.1, 0.15) is 6.54 Å². The first-order chi connectivity index (χ1) is 14.7. The lowest BCUT2D eigenvalue weighted by Crippen LogP contribution is -2.44. The Balaban J connectivity index is 1.66. The largest absolute Gasteiger partial charge is 0.450 e. The van der Waals surface area contributed by atoms with Gasteiger partial charge in [-0.15, -0.1) is 16.4 Å². The summed E-state index contributed by atoms with van der Waals surface area (Å²) in [6.07, 6.45) is -4.63. The van der Waals surface area contributed by atoms with E-state index in [0.717, 1.165) is 4.88 Å². The zero-order valence-corrected chi connectivity index (χ0v) is 16.4. The first-order valence-electron chi connectivity index (χ1n) is 8.61. The highest BCUT2D eigenvalue weighted by Crippen LogP contribution is 2.25. The number of nitrogens with one attached hydrogen (secondary N) is 2. The Morgan fingerprint density at radius 3 is 2.48 bits per heavy atom. The van der Waals surface area contributed by atoms with Gasteiger partial charge in [0.05, 0.1) is 10.6 Å². The first-order valence-corrected chi connectivity index (χ1v) is 9.49. The molecule has 0 unspecified atom stereocenters. The number of rotatable bonds is 6. The van der Waals surface area contributed by atoms with E-state index in [1.54, 1.807) is 41.7 Å². The van der Waals surface area contributed by atoms with Crippen LogP contribution in [0.25, 0.3) is 16.4 Å². The smallest absolute Gasteiger partial charge is 0.405 e. The Morgan fingerprint density at radius 1 is 1.10 bits per heavy atom. The molecule has 3 amide bonds. The molecule has 13 heteroatoms. The van der Waals surface area contributed by atoms with Crippen molar-refractivity contribution in [2.24, 2.45) is 0 Å². The van der Waals surface area contributed by atoms with E-state index in [2.05, 4.69) is 10.1 Å². The third-order valence-electron chi connectivity index (χ3n) is 3.57. The minimum atomic E-state index is -4.63. The normalized spacial score (nSPS) is 11.1. The van der Waals surface area contributed by atoms with Crippen molar-refractivity contribution in [3.63, 3.8) is 0 Å². The predicted molar refractivity (Wildman–Crippen MR) is 103 cm³/mol. The second kappa shape index (κ2) is 9.38. The van der Waals surface area contributed by atoms with Crippen molar-refractivity contribution < 1.29 is 32.3 Å². The summed E-state index contributed by atoms with van der Waals surface area (Å²) < 4.78 is 42.3. The van der Waals surface area contributed by atoms with Gasteiger partial charge in [0, 0.05) is 0 Å². The number of urea groups is 1. The number of esters is 1. The topological polar surface area (TPSA) is 115 Å². The Hall–Kier alpha value is -3.74. The van der Waals surface area contributed by atoms with Gasteiger partial charge in [-0.25, -0.2) is 14.3 Å². The van der Waals surface area contributed by atoms with E-state index < -0.39 is 37.2 Å². The molecule has 31 heavy (non-hydrogen) atoms. The maximum absolute atomic E-state index is 12.3. The number of aromatic nitrogens is 3. The standard InChI is InChI=1S/C18H14F3N5O4S/c19-18(20,21)10-22-17(29)23-13(27)9-30-16(28)14-24-15(12-7-4-8-31-12)26(25-14)11-5-2-1-3-6-11/h1-8H,9-10H2,(H2,22,23,27,29). The molecule has 0 atom stereocenters. The maximum atomic E-state index is 12.3. The number of amides is 3. The number of carbonyl (C=O) groups is 3. The predicted octanol–water partition coefficient (Wildman–Crippen LogP) is 2.54. The number of hydrogen-bond acceptors (Lipinski definition) is 7. The highest BCUT2D eigenvalue weighted by Gasteiger charge is 2.28. The molecule has 162 valence electrons. The highest BCUT2D eigenvalue weighted by atomic mass is 32.1. The van der Waals surface area contributed by atoms with Crippen molar-refractivity contribution in [3.05, 3.63) is 53.7 Å². The number of alkyl halides is 3. The zero-order chi connectivity index (χ0) is 22.4. The summed E-state index contributed by atoms with van der Waals surface area (Å²) in [4.78, 5) is 40.0. The van der Waals surface area contributed by atoms with E-state index in [4.69, 9.17) is 4.74 Å². The Bertz CT molecular complexity index is 1070. The van der Waals surface area contributed by atoms with Crippen LogP contribution in [-0.4, -0.2) is 52.0 Å². The van der Waals surface area contributed by atoms with Crippen LogP contribution in [0.1, 0.15) is 10.6 Å². The average Bonchev–Trinajstić information content (AvgIpc) is 3.40. The molecule has 0 aliphatic rings. The van der Waals surface area contributed by atoms with Crippen LogP contribution in [0.2, 0.25) is 0 Å². The van der Waals surface area contributed by atoms with E-state index in [1.807, 2.05) is 11.4 Å². The molecule has 0 bridgehead atoms. The summed E-state index contributed by atoms with van der Waals surface area (Å²) in [6.45, 7) is -2.52. The molecular weight excluding hydrogens is 439 g/mol. The van der Waals surface area contributed by atoms with Crippen LogP contribution >= 0.6 is 11.3 Å². The molecule has 0 aliphatic heterocycles. The number of benzene rings is 1. The minimum absolute atomic E-state index is 0.332. The summed E-state index contributed by atoms with van der Waals surface area (Å²) in [5.41, 5.74) is 0.636. The molecule has 0 radical (unpaired) electrons. The van der Waals surface area contributed by atoms with Crippen LogP contribution < -0.4 is 10.6 Å². The summed E-state index contributed by atoms with van der Waals surface area (Å²) in [5, 5.41) is 9.03. The number of imide groups is 1. The van der Waals surface area contributed by atoms with Crippen molar-refractivity contribution in [1.82, 2.24) is 25.4 Å². The van der Waals surface area contributed by atoms with Crippen LogP contribution in [-0.2, 0) is 9.53 Å². The van der Waals surface area contributed by atoms with Gasteiger partial charge in [-0.3, -0.25) is 10.1 Å². The second-order valence-corrected chi connectivity index (χ2v) is 6.85. The quantitative estimate of drug-likeness (QED) is 0.555. The van der Waals surface area contributed by atoms with Crippen LogP contribution in [0.5, 0.6) is 0 Å². The minimum Gasteiger partial charge on any atom is -0.450 e. The van der Waals surface area contributed by atoms with E-state index in [0.29, 0.717) is 11.5 Å². The van der Waals surface area contributed by atoms with E-state index in [-0.39, 0.29) is 5.82 Å². The van der Waals surface area contributed by atoms with Crippen LogP contribution in [0.4, 0.5) is 18.0 Å². The van der Waals surface area contributed by atoms with Crippen molar-refractivity contribution in [1.29, 1.82) is 0 Å². The van der Waals surface area contributed by atoms with Gasteiger partial charge in [-0.2, -0.15) is 18.2 Å².